The first-order chi connectivity index (χ1) is 17.6. The first-order valence-corrected chi connectivity index (χ1v) is 12.9. The number of rotatable bonds is 12. The fourth-order valence-electron chi connectivity index (χ4n) is 4.67. The Hall–Kier alpha value is -3.10. The molecule has 3 aromatic rings. The number of likely N-dealkylation sites (tertiary alicyclic amines) is 1. The average molecular weight is 493 g/mol. The molecule has 1 saturated heterocycles. The Kier molecular flexibility index (Phi) is 9.19. The van der Waals surface area contributed by atoms with Gasteiger partial charge in [0.2, 0.25) is 5.95 Å². The lowest BCUT2D eigenvalue weighted by Gasteiger charge is -2.32. The van der Waals surface area contributed by atoms with Gasteiger partial charge in [0.05, 0.1) is 19.7 Å². The van der Waals surface area contributed by atoms with Gasteiger partial charge < -0.3 is 29.9 Å². The van der Waals surface area contributed by atoms with Crippen molar-refractivity contribution in [3.63, 3.8) is 0 Å². The van der Waals surface area contributed by atoms with Gasteiger partial charge in [0.25, 0.3) is 0 Å². The van der Waals surface area contributed by atoms with Crippen LogP contribution in [-0.4, -0.2) is 86.8 Å². The molecule has 0 atom stereocenters. The number of methoxy groups -OCH3 is 2. The number of benzene rings is 2. The van der Waals surface area contributed by atoms with Crippen LogP contribution in [0.5, 0.6) is 11.5 Å². The lowest BCUT2D eigenvalue weighted by Crippen LogP contribution is -2.40. The second-order valence-corrected chi connectivity index (χ2v) is 9.70. The Morgan fingerprint density at radius 3 is 2.42 bits per heavy atom. The van der Waals surface area contributed by atoms with Crippen LogP contribution >= 0.6 is 0 Å². The fraction of sp³-hybridized carbons (Fsp3) is 0.500. The Morgan fingerprint density at radius 1 is 1.00 bits per heavy atom. The van der Waals surface area contributed by atoms with Crippen molar-refractivity contribution in [1.82, 2.24) is 19.8 Å². The first-order valence-electron chi connectivity index (χ1n) is 12.9. The Balaban J connectivity index is 1.45. The maximum atomic E-state index is 5.56. The van der Waals surface area contributed by atoms with Gasteiger partial charge in [-0.05, 0) is 58.0 Å². The Labute approximate surface area is 215 Å². The first kappa shape index (κ1) is 26.0. The van der Waals surface area contributed by atoms with Gasteiger partial charge in [-0.25, -0.2) is 4.98 Å². The summed E-state index contributed by atoms with van der Waals surface area (Å²) in [6.45, 7) is 5.10. The number of piperidine rings is 1. The highest BCUT2D eigenvalue weighted by Crippen LogP contribution is 2.35. The van der Waals surface area contributed by atoms with Gasteiger partial charge >= 0.3 is 0 Å². The number of fused-ring (bicyclic) bond motifs is 1. The summed E-state index contributed by atoms with van der Waals surface area (Å²) in [5.74, 6) is 2.83. The third-order valence-corrected chi connectivity index (χ3v) is 6.75. The zero-order valence-electron chi connectivity index (χ0n) is 22.1. The van der Waals surface area contributed by atoms with E-state index in [9.17, 15) is 0 Å². The maximum Gasteiger partial charge on any atom is 0.225 e. The minimum absolute atomic E-state index is 0.366. The molecular formula is C28H40N6O2. The van der Waals surface area contributed by atoms with Crippen LogP contribution in [-0.2, 0) is 6.42 Å². The number of aromatic nitrogens is 2. The molecule has 0 spiro atoms. The molecule has 2 N–H and O–H groups in total. The molecule has 194 valence electrons. The van der Waals surface area contributed by atoms with Crippen LogP contribution in [0.3, 0.4) is 0 Å². The molecule has 1 aliphatic heterocycles. The lowest BCUT2D eigenvalue weighted by atomic mass is 10.0. The number of anilines is 2. The zero-order chi connectivity index (χ0) is 25.3. The molecule has 8 heteroatoms. The monoisotopic (exact) mass is 492 g/mol. The number of nitrogens with zero attached hydrogens (tertiary/aromatic N) is 4. The molecular weight excluding hydrogens is 452 g/mol. The van der Waals surface area contributed by atoms with E-state index in [1.54, 1.807) is 14.2 Å². The summed E-state index contributed by atoms with van der Waals surface area (Å²) >= 11 is 0. The summed E-state index contributed by atoms with van der Waals surface area (Å²) in [7, 11) is 7.47. The summed E-state index contributed by atoms with van der Waals surface area (Å²) in [4.78, 5) is 14.4. The van der Waals surface area contributed by atoms with Gasteiger partial charge in [-0.1, -0.05) is 30.3 Å². The van der Waals surface area contributed by atoms with Crippen LogP contribution in [0.1, 0.15) is 24.8 Å². The predicted octanol–water partition coefficient (Wildman–Crippen LogP) is 4.13. The fourth-order valence-corrected chi connectivity index (χ4v) is 4.67. The van der Waals surface area contributed by atoms with Crippen LogP contribution in [0.15, 0.2) is 42.5 Å². The van der Waals surface area contributed by atoms with Crippen molar-refractivity contribution in [3.8, 4) is 11.5 Å². The van der Waals surface area contributed by atoms with Gasteiger partial charge in [-0.15, -0.1) is 0 Å². The average Bonchev–Trinajstić information content (AvgIpc) is 2.90. The molecule has 36 heavy (non-hydrogen) atoms. The molecule has 0 unspecified atom stereocenters. The zero-order valence-corrected chi connectivity index (χ0v) is 22.1. The van der Waals surface area contributed by atoms with Crippen molar-refractivity contribution in [2.24, 2.45) is 0 Å². The van der Waals surface area contributed by atoms with Gasteiger partial charge in [0.1, 0.15) is 5.82 Å². The molecule has 0 bridgehead atoms. The summed E-state index contributed by atoms with van der Waals surface area (Å²) in [5, 5.41) is 8.08. The van der Waals surface area contributed by atoms with Gasteiger partial charge in [-0.2, -0.15) is 4.98 Å². The maximum absolute atomic E-state index is 5.56. The summed E-state index contributed by atoms with van der Waals surface area (Å²) in [6, 6.07) is 15.0. The molecule has 2 aromatic carbocycles. The Bertz CT molecular complexity index is 1100. The molecule has 0 amide bonds. The van der Waals surface area contributed by atoms with Crippen LogP contribution in [0, 0.1) is 0 Å². The van der Waals surface area contributed by atoms with E-state index in [1.165, 1.54) is 5.56 Å². The molecule has 1 fully saturated rings. The molecule has 1 aliphatic rings. The van der Waals surface area contributed by atoms with Crippen molar-refractivity contribution in [2.45, 2.75) is 31.7 Å². The van der Waals surface area contributed by atoms with E-state index in [0.717, 1.165) is 75.1 Å². The third kappa shape index (κ3) is 6.98. The molecule has 0 aliphatic carbocycles. The highest BCUT2D eigenvalue weighted by atomic mass is 16.5. The van der Waals surface area contributed by atoms with Crippen molar-refractivity contribution in [3.05, 3.63) is 48.0 Å². The van der Waals surface area contributed by atoms with Crippen LogP contribution in [0.4, 0.5) is 11.8 Å². The lowest BCUT2D eigenvalue weighted by molar-refractivity contribution is 0.221. The van der Waals surface area contributed by atoms with E-state index in [-0.39, 0.29) is 0 Å². The largest absolute Gasteiger partial charge is 0.493 e. The van der Waals surface area contributed by atoms with Crippen molar-refractivity contribution < 1.29 is 9.47 Å². The molecule has 2 heterocycles. The van der Waals surface area contributed by atoms with Crippen LogP contribution < -0.4 is 20.1 Å². The highest BCUT2D eigenvalue weighted by Gasteiger charge is 2.21. The van der Waals surface area contributed by atoms with E-state index in [2.05, 4.69) is 64.9 Å². The summed E-state index contributed by atoms with van der Waals surface area (Å²) < 4.78 is 11.1. The highest BCUT2D eigenvalue weighted by molar-refractivity contribution is 5.92. The summed E-state index contributed by atoms with van der Waals surface area (Å²) in [6.07, 6.45) is 4.28. The van der Waals surface area contributed by atoms with Crippen molar-refractivity contribution in [1.29, 1.82) is 0 Å². The third-order valence-electron chi connectivity index (χ3n) is 6.75. The van der Waals surface area contributed by atoms with Crippen molar-refractivity contribution in [2.75, 3.05) is 71.7 Å². The predicted molar refractivity (Wildman–Crippen MR) is 148 cm³/mol. The topological polar surface area (TPSA) is 74.8 Å². The smallest absolute Gasteiger partial charge is 0.225 e. The normalized spacial score (nSPS) is 14.8. The standard InChI is InChI=1S/C28H40N6O2/c1-33(2)15-8-14-29-28-31-24-20-26(36-4)25(35-3)19-23(24)27(32-28)30-22-12-17-34(18-13-22)16-11-21-9-6-5-7-10-21/h5-7,9-10,19-20,22H,8,11-18H2,1-4H3,(H2,29,30,31,32). The van der Waals surface area contributed by atoms with E-state index in [1.807, 2.05) is 12.1 Å². The van der Waals surface area contributed by atoms with Crippen LogP contribution in [0.2, 0.25) is 0 Å². The van der Waals surface area contributed by atoms with Gasteiger partial charge in [0, 0.05) is 43.7 Å². The van der Waals surface area contributed by atoms with E-state index in [0.29, 0.717) is 23.5 Å². The van der Waals surface area contributed by atoms with Crippen molar-refractivity contribution >= 4 is 22.7 Å². The SMILES string of the molecule is COc1cc2nc(NCCCN(C)C)nc(NC3CCN(CCc4ccccc4)CC3)c2cc1OC. The molecule has 4 rings (SSSR count). The number of hydrogen-bond donors (Lipinski definition) is 2. The van der Waals surface area contributed by atoms with E-state index < -0.39 is 0 Å². The second kappa shape index (κ2) is 12.7. The molecule has 0 radical (unpaired) electrons. The Morgan fingerprint density at radius 2 is 1.72 bits per heavy atom. The van der Waals surface area contributed by atoms with E-state index >= 15 is 0 Å². The van der Waals surface area contributed by atoms with Gasteiger partial charge in [-0.3, -0.25) is 0 Å². The second-order valence-electron chi connectivity index (χ2n) is 9.70. The number of ether oxygens (including phenoxy) is 2. The molecule has 8 nitrogen and oxygen atoms in total. The van der Waals surface area contributed by atoms with Gasteiger partial charge in [0.15, 0.2) is 11.5 Å². The minimum atomic E-state index is 0.366. The van der Waals surface area contributed by atoms with E-state index in [4.69, 9.17) is 19.4 Å². The number of nitrogens with one attached hydrogen (secondary N) is 2. The molecule has 0 saturated carbocycles. The summed E-state index contributed by atoms with van der Waals surface area (Å²) in [5.41, 5.74) is 2.24. The van der Waals surface area contributed by atoms with Crippen LogP contribution in [0.25, 0.3) is 10.9 Å². The minimum Gasteiger partial charge on any atom is -0.493 e. The quantitative estimate of drug-likeness (QED) is 0.366. The number of hydrogen-bond acceptors (Lipinski definition) is 8. The molecule has 1 aromatic heterocycles.